The number of rotatable bonds is 5. The Hall–Kier alpha value is -2.64. The van der Waals surface area contributed by atoms with Crippen molar-refractivity contribution in [3.05, 3.63) is 35.5 Å². The summed E-state index contributed by atoms with van der Waals surface area (Å²) in [5.74, 6) is -0.0688. The lowest BCUT2D eigenvalue weighted by molar-refractivity contribution is -0.124. The highest BCUT2D eigenvalue weighted by atomic mass is 16.3. The van der Waals surface area contributed by atoms with Gasteiger partial charge in [-0.15, -0.1) is 0 Å². The molecule has 0 radical (unpaired) electrons. The lowest BCUT2D eigenvalue weighted by atomic mass is 9.76. The molecule has 0 unspecified atom stereocenters. The van der Waals surface area contributed by atoms with Crippen molar-refractivity contribution in [2.45, 2.75) is 64.9 Å². The zero-order chi connectivity index (χ0) is 23.2. The van der Waals surface area contributed by atoms with Gasteiger partial charge in [0.2, 0.25) is 5.91 Å². The van der Waals surface area contributed by atoms with Gasteiger partial charge in [0, 0.05) is 40.3 Å². The van der Waals surface area contributed by atoms with Gasteiger partial charge in [-0.2, -0.15) is 5.10 Å². The fraction of sp³-hybridized carbons (Fsp3) is 0.538. The van der Waals surface area contributed by atoms with Crippen molar-refractivity contribution >= 4 is 22.5 Å². The summed E-state index contributed by atoms with van der Waals surface area (Å²) in [7, 11) is 0. The largest absolute Gasteiger partial charge is 0.395 e. The standard InChI is InChI=1S/C26H34N4O3/c1-26(2)10-9-20-23(15-26)28-29-24(20)22-13-17-3-6-18(14-21(17)27-22)30(11-12-31)25(33)16-4-7-19(32)8-5-16/h3,6,13-14,16,19,27,31-32H,4-5,7-12,15H2,1-2H3,(H,28,29). The summed E-state index contributed by atoms with van der Waals surface area (Å²) < 4.78 is 0. The van der Waals surface area contributed by atoms with Gasteiger partial charge >= 0.3 is 0 Å². The van der Waals surface area contributed by atoms with Crippen LogP contribution in [-0.2, 0) is 17.6 Å². The predicted molar refractivity (Wildman–Crippen MR) is 129 cm³/mol. The third-order valence-corrected chi connectivity index (χ3v) is 7.47. The fourth-order valence-corrected chi connectivity index (χ4v) is 5.49. The first-order valence-corrected chi connectivity index (χ1v) is 12.1. The molecule has 2 aromatic heterocycles. The number of hydrogen-bond acceptors (Lipinski definition) is 4. The van der Waals surface area contributed by atoms with E-state index in [-0.39, 0.29) is 31.1 Å². The third-order valence-electron chi connectivity index (χ3n) is 7.47. The van der Waals surface area contributed by atoms with Gasteiger partial charge in [0.1, 0.15) is 5.69 Å². The average Bonchev–Trinajstić information content (AvgIpc) is 3.39. The van der Waals surface area contributed by atoms with E-state index in [9.17, 15) is 15.0 Å². The molecule has 0 spiro atoms. The maximum atomic E-state index is 13.2. The van der Waals surface area contributed by atoms with E-state index in [0.29, 0.717) is 31.1 Å². The Bertz CT molecular complexity index is 1150. The van der Waals surface area contributed by atoms with E-state index in [1.54, 1.807) is 4.90 Å². The summed E-state index contributed by atoms with van der Waals surface area (Å²) in [6.45, 7) is 4.77. The number of fused-ring (bicyclic) bond motifs is 2. The molecule has 1 saturated carbocycles. The molecule has 4 N–H and O–H groups in total. The van der Waals surface area contributed by atoms with E-state index in [0.717, 1.165) is 47.2 Å². The van der Waals surface area contributed by atoms with Gasteiger partial charge < -0.3 is 20.1 Å². The maximum absolute atomic E-state index is 13.2. The zero-order valence-electron chi connectivity index (χ0n) is 19.5. The zero-order valence-corrected chi connectivity index (χ0v) is 19.5. The van der Waals surface area contributed by atoms with E-state index < -0.39 is 0 Å². The van der Waals surface area contributed by atoms with Crippen LogP contribution in [0.15, 0.2) is 24.3 Å². The second-order valence-electron chi connectivity index (χ2n) is 10.5. The molecule has 1 fully saturated rings. The number of aliphatic hydroxyl groups excluding tert-OH is 2. The molecule has 7 heteroatoms. The molecule has 2 aliphatic rings. The van der Waals surface area contributed by atoms with E-state index in [2.05, 4.69) is 35.1 Å². The van der Waals surface area contributed by atoms with Gasteiger partial charge in [0.15, 0.2) is 0 Å². The molecule has 2 heterocycles. The number of nitrogens with one attached hydrogen (secondary N) is 2. The lowest BCUT2D eigenvalue weighted by Crippen LogP contribution is -2.40. The summed E-state index contributed by atoms with van der Waals surface area (Å²) in [6, 6.07) is 8.09. The van der Waals surface area contributed by atoms with E-state index in [1.165, 1.54) is 11.3 Å². The number of amides is 1. The van der Waals surface area contributed by atoms with Crippen molar-refractivity contribution in [1.82, 2.24) is 15.2 Å². The van der Waals surface area contributed by atoms with Gasteiger partial charge in [-0.1, -0.05) is 19.9 Å². The van der Waals surface area contributed by atoms with Crippen LogP contribution in [0.5, 0.6) is 0 Å². The molecule has 0 bridgehead atoms. The molecule has 3 aromatic rings. The molecule has 5 rings (SSSR count). The van der Waals surface area contributed by atoms with Crippen LogP contribution >= 0.6 is 0 Å². The van der Waals surface area contributed by atoms with E-state index in [4.69, 9.17) is 0 Å². The van der Waals surface area contributed by atoms with Crippen LogP contribution in [0.4, 0.5) is 5.69 Å². The van der Waals surface area contributed by atoms with Crippen LogP contribution < -0.4 is 4.90 Å². The Morgan fingerprint density at radius 1 is 1.21 bits per heavy atom. The van der Waals surface area contributed by atoms with Crippen LogP contribution in [-0.4, -0.2) is 50.6 Å². The molecule has 2 aliphatic carbocycles. The van der Waals surface area contributed by atoms with Crippen molar-refractivity contribution in [2.75, 3.05) is 18.1 Å². The number of nitrogens with zero attached hydrogens (tertiary/aromatic N) is 2. The smallest absolute Gasteiger partial charge is 0.230 e. The Morgan fingerprint density at radius 2 is 2.00 bits per heavy atom. The van der Waals surface area contributed by atoms with Crippen LogP contribution in [0, 0.1) is 11.3 Å². The van der Waals surface area contributed by atoms with Crippen LogP contribution in [0.1, 0.15) is 57.2 Å². The summed E-state index contributed by atoms with van der Waals surface area (Å²) >= 11 is 0. The lowest BCUT2D eigenvalue weighted by Gasteiger charge is -2.30. The number of aromatic nitrogens is 3. The Balaban J connectivity index is 1.43. The fourth-order valence-electron chi connectivity index (χ4n) is 5.49. The minimum Gasteiger partial charge on any atom is -0.395 e. The molecule has 0 aliphatic heterocycles. The molecule has 0 atom stereocenters. The topological polar surface area (TPSA) is 105 Å². The second-order valence-corrected chi connectivity index (χ2v) is 10.5. The predicted octanol–water partition coefficient (Wildman–Crippen LogP) is 3.95. The van der Waals surface area contributed by atoms with E-state index in [1.807, 2.05) is 18.2 Å². The summed E-state index contributed by atoms with van der Waals surface area (Å²) in [5, 5.41) is 28.4. The first-order chi connectivity index (χ1) is 15.8. The second kappa shape index (κ2) is 8.61. The first-order valence-electron chi connectivity index (χ1n) is 12.1. The molecular formula is C26H34N4O3. The van der Waals surface area contributed by atoms with Crippen LogP contribution in [0.2, 0.25) is 0 Å². The Morgan fingerprint density at radius 3 is 2.76 bits per heavy atom. The highest BCUT2D eigenvalue weighted by molar-refractivity contribution is 5.98. The summed E-state index contributed by atoms with van der Waals surface area (Å²) in [6.07, 6.45) is 5.58. The molecule has 0 saturated heterocycles. The minimum absolute atomic E-state index is 0.0334. The molecule has 33 heavy (non-hydrogen) atoms. The summed E-state index contributed by atoms with van der Waals surface area (Å²) in [5.41, 5.74) is 6.54. The highest BCUT2D eigenvalue weighted by Gasteiger charge is 2.31. The van der Waals surface area contributed by atoms with Gasteiger partial charge in [-0.25, -0.2) is 0 Å². The van der Waals surface area contributed by atoms with Crippen molar-refractivity contribution in [2.24, 2.45) is 11.3 Å². The first kappa shape index (κ1) is 22.2. The normalized spacial score (nSPS) is 22.3. The van der Waals surface area contributed by atoms with Crippen molar-refractivity contribution < 1.29 is 15.0 Å². The quantitative estimate of drug-likeness (QED) is 0.472. The molecule has 1 amide bonds. The molecule has 7 nitrogen and oxygen atoms in total. The molecule has 1 aromatic carbocycles. The Labute approximate surface area is 194 Å². The number of carbonyl (C=O) groups excluding carboxylic acids is 1. The molecular weight excluding hydrogens is 416 g/mol. The van der Waals surface area contributed by atoms with Gasteiger partial charge in [-0.3, -0.25) is 9.89 Å². The number of aliphatic hydroxyl groups is 2. The summed E-state index contributed by atoms with van der Waals surface area (Å²) in [4.78, 5) is 18.5. The number of anilines is 1. The van der Waals surface area contributed by atoms with Crippen LogP contribution in [0.25, 0.3) is 22.3 Å². The van der Waals surface area contributed by atoms with Crippen molar-refractivity contribution in [3.63, 3.8) is 0 Å². The number of benzene rings is 1. The van der Waals surface area contributed by atoms with Gasteiger partial charge in [0.05, 0.1) is 18.4 Å². The number of carbonyl (C=O) groups is 1. The number of H-pyrrole nitrogens is 2. The van der Waals surface area contributed by atoms with Crippen molar-refractivity contribution in [3.8, 4) is 11.4 Å². The third kappa shape index (κ3) is 4.32. The average molecular weight is 451 g/mol. The number of hydrogen-bond donors (Lipinski definition) is 4. The highest BCUT2D eigenvalue weighted by Crippen LogP contribution is 2.38. The van der Waals surface area contributed by atoms with Crippen LogP contribution in [0.3, 0.4) is 0 Å². The SMILES string of the molecule is CC1(C)CCc2c(-c3cc4ccc(N(CCO)C(=O)C5CCC(O)CC5)cc4[nH]3)n[nH]c2C1. The van der Waals surface area contributed by atoms with Crippen molar-refractivity contribution in [1.29, 1.82) is 0 Å². The van der Waals surface area contributed by atoms with Gasteiger partial charge in [-0.05, 0) is 68.6 Å². The van der Waals surface area contributed by atoms with E-state index >= 15 is 0 Å². The maximum Gasteiger partial charge on any atom is 0.230 e. The number of aromatic amines is 2. The molecule has 176 valence electrons. The minimum atomic E-state index is -0.298. The monoisotopic (exact) mass is 450 g/mol. The van der Waals surface area contributed by atoms with Gasteiger partial charge in [0.25, 0.3) is 0 Å². The Kier molecular flexibility index (Phi) is 5.79.